The highest BCUT2D eigenvalue weighted by molar-refractivity contribution is 7.11. The van der Waals surface area contributed by atoms with E-state index in [9.17, 15) is 0 Å². The number of hydrogen-bond acceptors (Lipinski definition) is 4. The average molecular weight is 203 g/mol. The summed E-state index contributed by atoms with van der Waals surface area (Å²) in [7, 11) is 0. The van der Waals surface area contributed by atoms with Gasteiger partial charge in [-0.15, -0.1) is 0 Å². The second-order valence-electron chi connectivity index (χ2n) is 1.88. The first-order chi connectivity index (χ1) is 5.36. The molecule has 5 heteroatoms. The Morgan fingerprint density at radius 1 is 1.45 bits per heavy atom. The zero-order valence-corrected chi connectivity index (χ0v) is 7.71. The van der Waals surface area contributed by atoms with Crippen LogP contribution >= 0.6 is 34.5 Å². The van der Waals surface area contributed by atoms with Crippen LogP contribution < -0.4 is 0 Å². The molecule has 0 saturated heterocycles. The number of rotatable bonds is 1. The molecule has 11 heavy (non-hydrogen) atoms. The second kappa shape index (κ2) is 2.89. The fraction of sp³-hybridized carbons (Fsp3) is 0. The quantitative estimate of drug-likeness (QED) is 0.711. The number of halogens is 1. The van der Waals surface area contributed by atoms with Gasteiger partial charge in [-0.2, -0.15) is 15.7 Å². The van der Waals surface area contributed by atoms with Crippen LogP contribution in [0.5, 0.6) is 0 Å². The lowest BCUT2D eigenvalue weighted by molar-refractivity contribution is 1.33. The summed E-state index contributed by atoms with van der Waals surface area (Å²) in [6.45, 7) is 0. The van der Waals surface area contributed by atoms with E-state index in [2.05, 4.69) is 9.36 Å². The van der Waals surface area contributed by atoms with Crippen LogP contribution in [0.2, 0.25) is 5.28 Å². The zero-order valence-electron chi connectivity index (χ0n) is 5.32. The van der Waals surface area contributed by atoms with Crippen molar-refractivity contribution in [1.82, 2.24) is 9.36 Å². The largest absolute Gasteiger partial charge is 0.234 e. The summed E-state index contributed by atoms with van der Waals surface area (Å²) in [5.41, 5.74) is 1.10. The first-order valence-corrected chi connectivity index (χ1v) is 4.97. The standard InChI is InChI=1S/C6H3ClN2S2/c7-6-8-5(11-9-6)4-1-2-10-3-4/h1-3H. The predicted octanol–water partition coefficient (Wildman–Crippen LogP) is 2.92. The van der Waals surface area contributed by atoms with Crippen molar-refractivity contribution in [3.05, 3.63) is 22.1 Å². The molecule has 2 nitrogen and oxygen atoms in total. The SMILES string of the molecule is Clc1nsc(-c2ccsc2)n1. The Morgan fingerprint density at radius 3 is 2.91 bits per heavy atom. The molecule has 0 radical (unpaired) electrons. The van der Waals surface area contributed by atoms with E-state index in [-0.39, 0.29) is 0 Å². The van der Waals surface area contributed by atoms with Crippen molar-refractivity contribution in [2.75, 3.05) is 0 Å². The molecule has 56 valence electrons. The summed E-state index contributed by atoms with van der Waals surface area (Å²) in [4.78, 5) is 4.03. The fourth-order valence-electron chi connectivity index (χ4n) is 0.709. The number of aromatic nitrogens is 2. The van der Waals surface area contributed by atoms with E-state index < -0.39 is 0 Å². The molecule has 0 N–H and O–H groups in total. The molecule has 0 amide bonds. The van der Waals surface area contributed by atoms with E-state index in [1.165, 1.54) is 11.5 Å². The first-order valence-electron chi connectivity index (χ1n) is 2.88. The third-order valence-electron chi connectivity index (χ3n) is 1.17. The fourth-order valence-corrected chi connectivity index (χ4v) is 2.22. The van der Waals surface area contributed by atoms with E-state index in [0.29, 0.717) is 5.28 Å². The minimum absolute atomic E-state index is 0.330. The summed E-state index contributed by atoms with van der Waals surface area (Å²) in [6, 6.07) is 2.00. The van der Waals surface area contributed by atoms with Crippen LogP contribution in [0.1, 0.15) is 0 Å². The smallest absolute Gasteiger partial charge is 0.205 e. The molecule has 0 aliphatic rings. The van der Waals surface area contributed by atoms with Crippen molar-refractivity contribution in [3.8, 4) is 10.6 Å². The lowest BCUT2D eigenvalue weighted by Crippen LogP contribution is -1.68. The first kappa shape index (κ1) is 7.21. The number of hydrogen-bond donors (Lipinski definition) is 0. The van der Waals surface area contributed by atoms with Gasteiger partial charge >= 0.3 is 0 Å². The van der Waals surface area contributed by atoms with Crippen LogP contribution in [0.15, 0.2) is 16.8 Å². The van der Waals surface area contributed by atoms with Crippen LogP contribution in [0.3, 0.4) is 0 Å². The van der Waals surface area contributed by atoms with Crippen LogP contribution in [0, 0.1) is 0 Å². The molecular formula is C6H3ClN2S2. The van der Waals surface area contributed by atoms with Gasteiger partial charge in [0.25, 0.3) is 0 Å². The average Bonchev–Trinajstić information content (AvgIpc) is 2.55. The van der Waals surface area contributed by atoms with Crippen molar-refractivity contribution in [2.24, 2.45) is 0 Å². The topological polar surface area (TPSA) is 25.8 Å². The van der Waals surface area contributed by atoms with Gasteiger partial charge in [0, 0.05) is 10.9 Å². The molecule has 0 atom stereocenters. The molecule has 0 aromatic carbocycles. The molecular weight excluding hydrogens is 200 g/mol. The van der Waals surface area contributed by atoms with Crippen LogP contribution in [0.4, 0.5) is 0 Å². The maximum Gasteiger partial charge on any atom is 0.234 e. The van der Waals surface area contributed by atoms with E-state index >= 15 is 0 Å². The monoisotopic (exact) mass is 202 g/mol. The molecule has 0 fully saturated rings. The molecule has 2 aromatic heterocycles. The van der Waals surface area contributed by atoms with Crippen molar-refractivity contribution >= 4 is 34.5 Å². The highest BCUT2D eigenvalue weighted by Gasteiger charge is 2.03. The minimum atomic E-state index is 0.330. The molecule has 0 spiro atoms. The molecule has 0 saturated carbocycles. The second-order valence-corrected chi connectivity index (χ2v) is 3.75. The van der Waals surface area contributed by atoms with Gasteiger partial charge in [0.15, 0.2) is 0 Å². The molecule has 2 rings (SSSR count). The summed E-state index contributed by atoms with van der Waals surface area (Å²) in [5, 5.41) is 5.24. The van der Waals surface area contributed by atoms with Gasteiger partial charge in [0.05, 0.1) is 0 Å². The van der Waals surface area contributed by atoms with Gasteiger partial charge < -0.3 is 0 Å². The lowest BCUT2D eigenvalue weighted by Gasteiger charge is -1.82. The predicted molar refractivity (Wildman–Crippen MR) is 48.2 cm³/mol. The molecule has 2 aromatic rings. The Hall–Kier alpha value is -0.450. The molecule has 0 aliphatic heterocycles. The highest BCUT2D eigenvalue weighted by atomic mass is 35.5. The third kappa shape index (κ3) is 1.42. The Labute approximate surface area is 76.7 Å². The van der Waals surface area contributed by atoms with Gasteiger partial charge in [-0.1, -0.05) is 0 Å². The van der Waals surface area contributed by atoms with Crippen LogP contribution in [-0.2, 0) is 0 Å². The summed E-state index contributed by atoms with van der Waals surface area (Å²) >= 11 is 8.53. The van der Waals surface area contributed by atoms with Gasteiger partial charge in [-0.25, -0.2) is 4.98 Å². The van der Waals surface area contributed by atoms with E-state index in [0.717, 1.165) is 10.6 Å². The van der Waals surface area contributed by atoms with E-state index in [1.54, 1.807) is 11.3 Å². The van der Waals surface area contributed by atoms with Crippen LogP contribution in [0.25, 0.3) is 10.6 Å². The summed E-state index contributed by atoms with van der Waals surface area (Å²) in [6.07, 6.45) is 0. The third-order valence-corrected chi connectivity index (χ3v) is 2.89. The van der Waals surface area contributed by atoms with Crippen molar-refractivity contribution in [1.29, 1.82) is 0 Å². The normalized spacial score (nSPS) is 10.3. The minimum Gasteiger partial charge on any atom is -0.205 e. The summed E-state index contributed by atoms with van der Waals surface area (Å²) < 4.78 is 3.87. The van der Waals surface area contributed by atoms with Gasteiger partial charge in [0.1, 0.15) is 5.01 Å². The maximum absolute atomic E-state index is 5.57. The number of thiophene rings is 1. The van der Waals surface area contributed by atoms with Gasteiger partial charge in [-0.3, -0.25) is 0 Å². The molecule has 0 bridgehead atoms. The number of nitrogens with zero attached hydrogens (tertiary/aromatic N) is 2. The van der Waals surface area contributed by atoms with Crippen molar-refractivity contribution < 1.29 is 0 Å². The van der Waals surface area contributed by atoms with Crippen LogP contribution in [-0.4, -0.2) is 9.36 Å². The highest BCUT2D eigenvalue weighted by Crippen LogP contribution is 2.24. The maximum atomic E-state index is 5.57. The van der Waals surface area contributed by atoms with Crippen molar-refractivity contribution in [2.45, 2.75) is 0 Å². The Kier molecular flexibility index (Phi) is 1.89. The van der Waals surface area contributed by atoms with E-state index in [1.807, 2.05) is 16.8 Å². The Bertz CT molecular complexity index is 341. The van der Waals surface area contributed by atoms with E-state index in [4.69, 9.17) is 11.6 Å². The lowest BCUT2D eigenvalue weighted by atomic mass is 10.4. The van der Waals surface area contributed by atoms with Gasteiger partial charge in [0.2, 0.25) is 5.28 Å². The molecule has 2 heterocycles. The van der Waals surface area contributed by atoms with Crippen molar-refractivity contribution in [3.63, 3.8) is 0 Å². The Morgan fingerprint density at radius 2 is 2.36 bits per heavy atom. The summed E-state index contributed by atoms with van der Waals surface area (Å²) in [5.74, 6) is 0. The van der Waals surface area contributed by atoms with Gasteiger partial charge in [-0.05, 0) is 34.6 Å². The zero-order chi connectivity index (χ0) is 7.68. The molecule has 0 aliphatic carbocycles. The Balaban J connectivity index is 2.45. The molecule has 0 unspecified atom stereocenters.